The number of rotatable bonds is 8. The van der Waals surface area contributed by atoms with E-state index in [-0.39, 0.29) is 46.1 Å². The van der Waals surface area contributed by atoms with E-state index in [0.29, 0.717) is 0 Å². The molecule has 0 radical (unpaired) electrons. The zero-order valence-electron chi connectivity index (χ0n) is 18.3. The lowest BCUT2D eigenvalue weighted by molar-refractivity contribution is -0.125. The lowest BCUT2D eigenvalue weighted by atomic mass is 9.89. The van der Waals surface area contributed by atoms with Crippen LogP contribution in [-0.2, 0) is 14.8 Å². The Kier molecular flexibility index (Phi) is 8.31. The summed E-state index contributed by atoms with van der Waals surface area (Å²) in [5.74, 6) is -0.999. The van der Waals surface area contributed by atoms with E-state index in [1.54, 1.807) is 0 Å². The van der Waals surface area contributed by atoms with Crippen LogP contribution in [0.15, 0.2) is 47.4 Å². The monoisotopic (exact) mass is 495 g/mol. The van der Waals surface area contributed by atoms with Gasteiger partial charge in [-0.15, -0.1) is 0 Å². The molecule has 0 saturated heterocycles. The van der Waals surface area contributed by atoms with Crippen LogP contribution in [0.1, 0.15) is 42.5 Å². The van der Waals surface area contributed by atoms with E-state index in [0.717, 1.165) is 48.5 Å². The SMILES string of the molecule is CN(c1ccc(F)cc1)S(=O)(=O)c1ccc(Cl)c(C(=O)NCCNC(=O)C2CCCCC2)c1. The number of nitrogens with zero attached hydrogens (tertiary/aromatic N) is 1. The molecule has 1 aliphatic carbocycles. The number of nitrogens with one attached hydrogen (secondary N) is 2. The number of benzene rings is 2. The second-order valence-electron chi connectivity index (χ2n) is 7.97. The summed E-state index contributed by atoms with van der Waals surface area (Å²) in [6, 6.07) is 8.86. The molecule has 1 aliphatic rings. The first-order valence-corrected chi connectivity index (χ1v) is 12.6. The Balaban J connectivity index is 1.63. The van der Waals surface area contributed by atoms with Crippen molar-refractivity contribution in [1.29, 1.82) is 0 Å². The van der Waals surface area contributed by atoms with Crippen LogP contribution < -0.4 is 14.9 Å². The lowest BCUT2D eigenvalue weighted by Crippen LogP contribution is -2.38. The Morgan fingerprint density at radius 1 is 1.03 bits per heavy atom. The normalized spacial score (nSPS) is 14.5. The fourth-order valence-corrected chi connectivity index (χ4v) is 5.18. The van der Waals surface area contributed by atoms with Crippen molar-refractivity contribution >= 4 is 39.1 Å². The van der Waals surface area contributed by atoms with Gasteiger partial charge in [0.1, 0.15) is 5.82 Å². The summed E-state index contributed by atoms with van der Waals surface area (Å²) >= 11 is 6.14. The Labute approximate surface area is 198 Å². The van der Waals surface area contributed by atoms with E-state index < -0.39 is 21.7 Å². The average Bonchev–Trinajstić information content (AvgIpc) is 2.82. The zero-order valence-corrected chi connectivity index (χ0v) is 19.9. The number of hydrogen-bond donors (Lipinski definition) is 2. The highest BCUT2D eigenvalue weighted by atomic mass is 35.5. The van der Waals surface area contributed by atoms with Crippen LogP contribution in [0.3, 0.4) is 0 Å². The summed E-state index contributed by atoms with van der Waals surface area (Å²) in [7, 11) is -2.67. The molecule has 2 aromatic carbocycles. The third kappa shape index (κ3) is 6.23. The maximum absolute atomic E-state index is 13.2. The van der Waals surface area contributed by atoms with Crippen LogP contribution in [0.5, 0.6) is 0 Å². The number of hydrogen-bond acceptors (Lipinski definition) is 4. The molecule has 10 heteroatoms. The van der Waals surface area contributed by atoms with E-state index in [2.05, 4.69) is 10.6 Å². The molecular formula is C23H27ClFN3O4S. The third-order valence-electron chi connectivity index (χ3n) is 5.72. The van der Waals surface area contributed by atoms with E-state index in [1.807, 2.05) is 0 Å². The minimum Gasteiger partial charge on any atom is -0.354 e. The Bertz CT molecular complexity index is 1100. The highest BCUT2D eigenvalue weighted by molar-refractivity contribution is 7.92. The topological polar surface area (TPSA) is 95.6 Å². The lowest BCUT2D eigenvalue weighted by Gasteiger charge is -2.21. The third-order valence-corrected chi connectivity index (χ3v) is 7.83. The molecule has 2 N–H and O–H groups in total. The molecule has 2 aromatic rings. The first-order chi connectivity index (χ1) is 15.7. The van der Waals surface area contributed by atoms with Gasteiger partial charge < -0.3 is 10.6 Å². The van der Waals surface area contributed by atoms with Gasteiger partial charge in [-0.3, -0.25) is 13.9 Å². The van der Waals surface area contributed by atoms with Gasteiger partial charge in [0.05, 0.1) is 21.2 Å². The second kappa shape index (κ2) is 11.0. The maximum Gasteiger partial charge on any atom is 0.264 e. The average molecular weight is 496 g/mol. The van der Waals surface area contributed by atoms with Crippen molar-refractivity contribution in [2.45, 2.75) is 37.0 Å². The maximum atomic E-state index is 13.2. The van der Waals surface area contributed by atoms with E-state index in [1.165, 1.54) is 37.4 Å². The number of carbonyl (C=O) groups is 2. The van der Waals surface area contributed by atoms with Gasteiger partial charge in [-0.05, 0) is 55.3 Å². The van der Waals surface area contributed by atoms with Gasteiger partial charge in [0, 0.05) is 26.1 Å². The molecule has 0 spiro atoms. The molecule has 2 amide bonds. The van der Waals surface area contributed by atoms with Gasteiger partial charge in [0.25, 0.3) is 15.9 Å². The van der Waals surface area contributed by atoms with Crippen molar-refractivity contribution in [2.75, 3.05) is 24.4 Å². The molecule has 1 saturated carbocycles. The van der Waals surface area contributed by atoms with Crippen LogP contribution in [0.4, 0.5) is 10.1 Å². The van der Waals surface area contributed by atoms with E-state index >= 15 is 0 Å². The quantitative estimate of drug-likeness (QED) is 0.545. The molecule has 3 rings (SSSR count). The summed E-state index contributed by atoms with van der Waals surface area (Å²) in [4.78, 5) is 24.7. The predicted octanol–water partition coefficient (Wildman–Crippen LogP) is 3.73. The van der Waals surface area contributed by atoms with Crippen LogP contribution in [0.2, 0.25) is 5.02 Å². The summed E-state index contributed by atoms with van der Waals surface area (Å²) < 4.78 is 40.2. The second-order valence-corrected chi connectivity index (χ2v) is 10.3. The molecule has 1 fully saturated rings. The minimum atomic E-state index is -4.01. The molecule has 7 nitrogen and oxygen atoms in total. The largest absolute Gasteiger partial charge is 0.354 e. The van der Waals surface area contributed by atoms with Gasteiger partial charge >= 0.3 is 0 Å². The summed E-state index contributed by atoms with van der Waals surface area (Å²) in [6.07, 6.45) is 5.06. The molecule has 178 valence electrons. The first kappa shape index (κ1) is 25.0. The van der Waals surface area contributed by atoms with Gasteiger partial charge in [0.2, 0.25) is 5.91 Å². The first-order valence-electron chi connectivity index (χ1n) is 10.8. The number of carbonyl (C=O) groups excluding carboxylic acids is 2. The summed E-state index contributed by atoms with van der Waals surface area (Å²) in [6.45, 7) is 0.448. The summed E-state index contributed by atoms with van der Waals surface area (Å²) in [5.41, 5.74) is 0.273. The van der Waals surface area contributed by atoms with Gasteiger partial charge in [-0.2, -0.15) is 0 Å². The van der Waals surface area contributed by atoms with Gasteiger partial charge in [-0.25, -0.2) is 12.8 Å². The molecule has 0 aliphatic heterocycles. The predicted molar refractivity (Wildman–Crippen MR) is 125 cm³/mol. The Morgan fingerprint density at radius 2 is 1.67 bits per heavy atom. The molecule has 0 unspecified atom stereocenters. The van der Waals surface area contributed by atoms with Crippen molar-refractivity contribution in [1.82, 2.24) is 10.6 Å². The molecule has 0 aromatic heterocycles. The highest BCUT2D eigenvalue weighted by Gasteiger charge is 2.24. The number of halogens is 2. The van der Waals surface area contributed by atoms with Crippen LogP contribution >= 0.6 is 11.6 Å². The molecule has 0 heterocycles. The van der Waals surface area contributed by atoms with Crippen LogP contribution in [0, 0.1) is 11.7 Å². The summed E-state index contributed by atoms with van der Waals surface area (Å²) in [5, 5.41) is 5.59. The Hall–Kier alpha value is -2.65. The number of amides is 2. The van der Waals surface area contributed by atoms with Crippen molar-refractivity contribution in [2.24, 2.45) is 5.92 Å². The Morgan fingerprint density at radius 3 is 2.33 bits per heavy atom. The van der Waals surface area contributed by atoms with Crippen molar-refractivity contribution in [3.8, 4) is 0 Å². The molecule has 0 bridgehead atoms. The number of sulfonamides is 1. The minimum absolute atomic E-state index is 0.00102. The van der Waals surface area contributed by atoms with Crippen LogP contribution in [-0.4, -0.2) is 40.4 Å². The fraction of sp³-hybridized carbons (Fsp3) is 0.391. The fourth-order valence-electron chi connectivity index (χ4n) is 3.75. The molecule has 0 atom stereocenters. The van der Waals surface area contributed by atoms with Crippen molar-refractivity contribution in [3.05, 3.63) is 58.9 Å². The zero-order chi connectivity index (χ0) is 24.0. The standard InChI is InChI=1S/C23H27ClFN3O4S/c1-28(18-9-7-17(25)8-10-18)33(31,32)19-11-12-21(24)20(15-19)23(30)27-14-13-26-22(29)16-5-3-2-4-6-16/h7-12,15-16H,2-6,13-14H2,1H3,(H,26,29)(H,27,30). The van der Waals surface area contributed by atoms with E-state index in [9.17, 15) is 22.4 Å². The van der Waals surface area contributed by atoms with Gasteiger partial charge in [-0.1, -0.05) is 30.9 Å². The van der Waals surface area contributed by atoms with Crippen molar-refractivity contribution in [3.63, 3.8) is 0 Å². The smallest absolute Gasteiger partial charge is 0.264 e. The van der Waals surface area contributed by atoms with Crippen LogP contribution in [0.25, 0.3) is 0 Å². The highest BCUT2D eigenvalue weighted by Crippen LogP contribution is 2.26. The van der Waals surface area contributed by atoms with E-state index in [4.69, 9.17) is 11.6 Å². The van der Waals surface area contributed by atoms with Gasteiger partial charge in [0.15, 0.2) is 0 Å². The molecular weight excluding hydrogens is 469 g/mol. The number of anilines is 1. The molecule has 33 heavy (non-hydrogen) atoms. The van der Waals surface area contributed by atoms with Crippen molar-refractivity contribution < 1.29 is 22.4 Å².